The standard InChI is InChI=1S/C20H20FNO3/c21-18-8-4-3-6-16(18)15-5-1-2-7-17(15)19(23)22-14-11-9-13(10-12-14)20(24)25/h1-8,13-14H,9-12H2,(H,22,23)(H,24,25). The van der Waals surface area contributed by atoms with Crippen LogP contribution in [0.15, 0.2) is 48.5 Å². The first-order valence-corrected chi connectivity index (χ1v) is 8.44. The summed E-state index contributed by atoms with van der Waals surface area (Å²) in [6, 6.07) is 13.3. The predicted molar refractivity (Wildman–Crippen MR) is 92.7 cm³/mol. The van der Waals surface area contributed by atoms with Gasteiger partial charge in [0, 0.05) is 17.2 Å². The lowest BCUT2D eigenvalue weighted by Gasteiger charge is -2.27. The Morgan fingerprint density at radius 1 is 0.920 bits per heavy atom. The summed E-state index contributed by atoms with van der Waals surface area (Å²) in [5, 5.41) is 12.0. The third-order valence-corrected chi connectivity index (χ3v) is 4.75. The summed E-state index contributed by atoms with van der Waals surface area (Å²) in [6.07, 6.45) is 2.42. The van der Waals surface area contributed by atoms with Crippen LogP contribution in [0.4, 0.5) is 4.39 Å². The van der Waals surface area contributed by atoms with Crippen LogP contribution >= 0.6 is 0 Å². The van der Waals surface area contributed by atoms with Crippen molar-refractivity contribution in [3.05, 3.63) is 59.9 Å². The van der Waals surface area contributed by atoms with Gasteiger partial charge in [0.2, 0.25) is 0 Å². The number of carbonyl (C=O) groups excluding carboxylic acids is 1. The Balaban J connectivity index is 1.76. The van der Waals surface area contributed by atoms with E-state index >= 15 is 0 Å². The fourth-order valence-electron chi connectivity index (χ4n) is 3.34. The summed E-state index contributed by atoms with van der Waals surface area (Å²) < 4.78 is 14.1. The molecule has 0 unspecified atom stereocenters. The first-order chi connectivity index (χ1) is 12.1. The van der Waals surface area contributed by atoms with Crippen LogP contribution in [0.1, 0.15) is 36.0 Å². The van der Waals surface area contributed by atoms with Crippen molar-refractivity contribution in [1.82, 2.24) is 5.32 Å². The Bertz CT molecular complexity index is 782. The Hall–Kier alpha value is -2.69. The second-order valence-corrected chi connectivity index (χ2v) is 6.39. The molecule has 0 atom stereocenters. The normalized spacial score (nSPS) is 20.0. The Morgan fingerprint density at radius 3 is 2.16 bits per heavy atom. The predicted octanol–water partition coefficient (Wildman–Crippen LogP) is 3.87. The van der Waals surface area contributed by atoms with Gasteiger partial charge >= 0.3 is 5.97 Å². The van der Waals surface area contributed by atoms with Gasteiger partial charge in [-0.3, -0.25) is 9.59 Å². The smallest absolute Gasteiger partial charge is 0.306 e. The zero-order valence-electron chi connectivity index (χ0n) is 13.7. The number of benzene rings is 2. The van der Waals surface area contributed by atoms with Gasteiger partial charge < -0.3 is 10.4 Å². The van der Waals surface area contributed by atoms with Gasteiger partial charge in [-0.1, -0.05) is 36.4 Å². The van der Waals surface area contributed by atoms with E-state index in [1.54, 1.807) is 42.5 Å². The molecule has 5 heteroatoms. The first kappa shape index (κ1) is 17.1. The van der Waals surface area contributed by atoms with E-state index in [0.717, 1.165) is 0 Å². The summed E-state index contributed by atoms with van der Waals surface area (Å²) in [4.78, 5) is 23.7. The summed E-state index contributed by atoms with van der Waals surface area (Å²) in [6.45, 7) is 0. The molecule has 0 saturated heterocycles. The van der Waals surface area contributed by atoms with Gasteiger partial charge in [0.05, 0.1) is 5.92 Å². The summed E-state index contributed by atoms with van der Waals surface area (Å²) >= 11 is 0. The molecule has 0 aliphatic heterocycles. The van der Waals surface area contributed by atoms with Crippen molar-refractivity contribution in [2.45, 2.75) is 31.7 Å². The van der Waals surface area contributed by atoms with Crippen molar-refractivity contribution >= 4 is 11.9 Å². The fraction of sp³-hybridized carbons (Fsp3) is 0.300. The van der Waals surface area contributed by atoms with Crippen LogP contribution < -0.4 is 5.32 Å². The molecule has 0 radical (unpaired) electrons. The van der Waals surface area contributed by atoms with Gasteiger partial charge in [0.1, 0.15) is 5.82 Å². The number of hydrogen-bond donors (Lipinski definition) is 2. The average Bonchev–Trinajstić information content (AvgIpc) is 2.62. The van der Waals surface area contributed by atoms with Crippen molar-refractivity contribution in [3.63, 3.8) is 0 Å². The maximum Gasteiger partial charge on any atom is 0.306 e. The van der Waals surface area contributed by atoms with Gasteiger partial charge in [-0.15, -0.1) is 0 Å². The molecule has 130 valence electrons. The van der Waals surface area contributed by atoms with E-state index in [4.69, 9.17) is 5.11 Å². The third-order valence-electron chi connectivity index (χ3n) is 4.75. The molecule has 1 aliphatic carbocycles. The highest BCUT2D eigenvalue weighted by atomic mass is 19.1. The number of rotatable bonds is 4. The Labute approximate surface area is 145 Å². The number of halogens is 1. The number of nitrogens with one attached hydrogen (secondary N) is 1. The van der Waals surface area contributed by atoms with Crippen LogP contribution in [0.2, 0.25) is 0 Å². The molecular weight excluding hydrogens is 321 g/mol. The number of carboxylic acids is 1. The van der Waals surface area contributed by atoms with Gasteiger partial charge in [-0.25, -0.2) is 4.39 Å². The number of carboxylic acid groups (broad SMARTS) is 1. The molecule has 2 aromatic rings. The van der Waals surface area contributed by atoms with Crippen LogP contribution in [-0.4, -0.2) is 23.0 Å². The van der Waals surface area contributed by atoms with Gasteiger partial charge in [0.25, 0.3) is 5.91 Å². The van der Waals surface area contributed by atoms with Crippen molar-refractivity contribution in [3.8, 4) is 11.1 Å². The highest BCUT2D eigenvalue weighted by Crippen LogP contribution is 2.28. The SMILES string of the molecule is O=C(NC1CCC(C(=O)O)CC1)c1ccccc1-c1ccccc1F. The van der Waals surface area contributed by atoms with Crippen molar-refractivity contribution < 1.29 is 19.1 Å². The van der Waals surface area contributed by atoms with E-state index in [2.05, 4.69) is 5.32 Å². The van der Waals surface area contributed by atoms with E-state index in [-0.39, 0.29) is 23.7 Å². The van der Waals surface area contributed by atoms with Crippen LogP contribution in [0.3, 0.4) is 0 Å². The summed E-state index contributed by atoms with van der Waals surface area (Å²) in [5.74, 6) is -1.71. The van der Waals surface area contributed by atoms with Gasteiger partial charge in [-0.2, -0.15) is 0 Å². The topological polar surface area (TPSA) is 66.4 Å². The molecule has 2 N–H and O–H groups in total. The van der Waals surface area contributed by atoms with Crippen molar-refractivity contribution in [2.75, 3.05) is 0 Å². The molecule has 0 bridgehead atoms. The largest absolute Gasteiger partial charge is 0.481 e. The monoisotopic (exact) mass is 341 g/mol. The minimum atomic E-state index is -0.769. The maximum atomic E-state index is 14.1. The molecule has 1 amide bonds. The molecule has 1 saturated carbocycles. The molecule has 0 aromatic heterocycles. The molecular formula is C20H20FNO3. The van der Waals surface area contributed by atoms with Gasteiger partial charge in [-0.05, 0) is 43.4 Å². The number of amides is 1. The lowest BCUT2D eigenvalue weighted by Crippen LogP contribution is -2.38. The zero-order valence-corrected chi connectivity index (χ0v) is 13.7. The summed E-state index contributed by atoms with van der Waals surface area (Å²) in [7, 11) is 0. The minimum absolute atomic E-state index is 0.0447. The van der Waals surface area contributed by atoms with Crippen LogP contribution in [0.5, 0.6) is 0 Å². The molecule has 3 rings (SSSR count). The number of hydrogen-bond acceptors (Lipinski definition) is 2. The van der Waals surface area contributed by atoms with E-state index < -0.39 is 5.97 Å². The lowest BCUT2D eigenvalue weighted by molar-refractivity contribution is -0.142. The zero-order chi connectivity index (χ0) is 17.8. The molecule has 0 spiro atoms. The van der Waals surface area contributed by atoms with E-state index in [1.807, 2.05) is 0 Å². The molecule has 25 heavy (non-hydrogen) atoms. The van der Waals surface area contributed by atoms with Crippen LogP contribution in [-0.2, 0) is 4.79 Å². The first-order valence-electron chi connectivity index (χ1n) is 8.44. The highest BCUT2D eigenvalue weighted by molar-refractivity contribution is 6.01. The fourth-order valence-corrected chi connectivity index (χ4v) is 3.34. The van der Waals surface area contributed by atoms with Crippen molar-refractivity contribution in [2.24, 2.45) is 5.92 Å². The third kappa shape index (κ3) is 3.87. The Kier molecular flexibility index (Phi) is 5.12. The maximum absolute atomic E-state index is 14.1. The second-order valence-electron chi connectivity index (χ2n) is 6.39. The van der Waals surface area contributed by atoms with E-state index in [9.17, 15) is 14.0 Å². The average molecular weight is 341 g/mol. The van der Waals surface area contributed by atoms with Gasteiger partial charge in [0.15, 0.2) is 0 Å². The lowest BCUT2D eigenvalue weighted by atomic mass is 9.86. The van der Waals surface area contributed by atoms with Crippen LogP contribution in [0, 0.1) is 11.7 Å². The molecule has 4 nitrogen and oxygen atoms in total. The van der Waals surface area contributed by atoms with E-state index in [1.165, 1.54) is 6.07 Å². The quantitative estimate of drug-likeness (QED) is 0.887. The number of aliphatic carboxylic acids is 1. The minimum Gasteiger partial charge on any atom is -0.481 e. The Morgan fingerprint density at radius 2 is 1.52 bits per heavy atom. The van der Waals surface area contributed by atoms with Crippen LogP contribution in [0.25, 0.3) is 11.1 Å². The molecule has 0 heterocycles. The summed E-state index contributed by atoms with van der Waals surface area (Å²) in [5.41, 5.74) is 1.37. The van der Waals surface area contributed by atoms with Crippen molar-refractivity contribution in [1.29, 1.82) is 0 Å². The number of carbonyl (C=O) groups is 2. The van der Waals surface area contributed by atoms with E-state index in [0.29, 0.717) is 42.4 Å². The second kappa shape index (κ2) is 7.47. The highest BCUT2D eigenvalue weighted by Gasteiger charge is 2.27. The molecule has 1 fully saturated rings. The molecule has 1 aliphatic rings. The molecule has 2 aromatic carbocycles.